The fourth-order valence-corrected chi connectivity index (χ4v) is 4.77. The van der Waals surface area contributed by atoms with Gasteiger partial charge in [-0.3, -0.25) is 4.79 Å². The molecule has 1 fully saturated rings. The molecule has 0 spiro atoms. The number of anilines is 1. The van der Waals surface area contributed by atoms with Gasteiger partial charge >= 0.3 is 0 Å². The molecule has 0 saturated heterocycles. The Hall–Kier alpha value is -3.14. The topological polar surface area (TPSA) is 54.5 Å². The zero-order valence-corrected chi connectivity index (χ0v) is 19.6. The largest absolute Gasteiger partial charge is 0.359 e. The number of fused-ring (bicyclic) bond motifs is 1. The molecule has 6 nitrogen and oxygen atoms in total. The van der Waals surface area contributed by atoms with Crippen LogP contribution in [0.2, 0.25) is 5.02 Å². The van der Waals surface area contributed by atoms with Crippen molar-refractivity contribution in [1.29, 1.82) is 0 Å². The lowest BCUT2D eigenvalue weighted by Crippen LogP contribution is -2.38. The van der Waals surface area contributed by atoms with Crippen molar-refractivity contribution < 1.29 is 4.79 Å². The van der Waals surface area contributed by atoms with Gasteiger partial charge in [0, 0.05) is 40.8 Å². The normalized spacial score (nSPS) is 16.6. The Morgan fingerprint density at radius 2 is 1.94 bits per heavy atom. The zero-order chi connectivity index (χ0) is 23.2. The summed E-state index contributed by atoms with van der Waals surface area (Å²) < 4.78 is 1.56. The molecule has 2 heterocycles. The van der Waals surface area contributed by atoms with Gasteiger partial charge in [-0.15, -0.1) is 0 Å². The summed E-state index contributed by atoms with van der Waals surface area (Å²) in [5, 5.41) is 8.56. The van der Waals surface area contributed by atoms with Gasteiger partial charge in [-0.25, -0.2) is 0 Å². The average Bonchev–Trinajstić information content (AvgIpc) is 3.51. The first-order valence-corrected chi connectivity index (χ1v) is 11.7. The van der Waals surface area contributed by atoms with E-state index in [2.05, 4.69) is 41.2 Å². The zero-order valence-electron chi connectivity index (χ0n) is 18.8. The second-order valence-corrected chi connectivity index (χ2v) is 9.66. The number of amides is 1. The van der Waals surface area contributed by atoms with Crippen molar-refractivity contribution in [3.8, 4) is 5.69 Å². The van der Waals surface area contributed by atoms with Crippen LogP contribution in [0, 0.1) is 6.57 Å². The summed E-state index contributed by atoms with van der Waals surface area (Å²) in [6.45, 7) is 13.4. The Labute approximate surface area is 199 Å². The Morgan fingerprint density at radius 3 is 2.58 bits per heavy atom. The number of hydrogen-bond donors (Lipinski definition) is 1. The second-order valence-electron chi connectivity index (χ2n) is 9.22. The standard InChI is InChI=1S/C26H26ClN5O/c1-17(2)29-16-26(12-13-26)18-7-9-20(10-8-18)31-14-11-22-23(25(31)33)32(30-24(22)28-3)21-6-4-5-19(27)15-21/h4-10,15,17,29H,11-14,16H2,1-2H3. The van der Waals surface area contributed by atoms with E-state index in [1.807, 2.05) is 24.3 Å². The van der Waals surface area contributed by atoms with Gasteiger partial charge < -0.3 is 15.1 Å². The second kappa shape index (κ2) is 8.33. The van der Waals surface area contributed by atoms with Crippen molar-refractivity contribution >= 4 is 29.0 Å². The highest BCUT2D eigenvalue weighted by Crippen LogP contribution is 2.48. The highest BCUT2D eigenvalue weighted by molar-refractivity contribution is 6.30. The molecule has 0 unspecified atom stereocenters. The fourth-order valence-electron chi connectivity index (χ4n) is 4.59. The van der Waals surface area contributed by atoms with E-state index in [0.717, 1.165) is 12.2 Å². The molecular weight excluding hydrogens is 434 g/mol. The molecule has 0 radical (unpaired) electrons. The lowest BCUT2D eigenvalue weighted by atomic mass is 9.95. The van der Waals surface area contributed by atoms with Crippen molar-refractivity contribution in [2.75, 3.05) is 18.0 Å². The maximum atomic E-state index is 13.6. The molecule has 1 saturated carbocycles. The summed E-state index contributed by atoms with van der Waals surface area (Å²) in [6, 6.07) is 16.1. The molecular formula is C26H26ClN5O. The minimum atomic E-state index is -0.144. The van der Waals surface area contributed by atoms with Crippen LogP contribution in [0.3, 0.4) is 0 Å². The van der Waals surface area contributed by atoms with Crippen LogP contribution in [0.25, 0.3) is 10.5 Å². The number of hydrogen-bond acceptors (Lipinski definition) is 3. The summed E-state index contributed by atoms with van der Waals surface area (Å²) in [4.78, 5) is 19.0. The van der Waals surface area contributed by atoms with Crippen molar-refractivity contribution in [3.63, 3.8) is 0 Å². The van der Waals surface area contributed by atoms with Crippen LogP contribution >= 0.6 is 11.6 Å². The van der Waals surface area contributed by atoms with Crippen molar-refractivity contribution in [2.24, 2.45) is 0 Å². The maximum Gasteiger partial charge on any atom is 0.300 e. The molecule has 1 amide bonds. The number of nitrogens with zero attached hydrogens (tertiary/aromatic N) is 4. The van der Waals surface area contributed by atoms with E-state index < -0.39 is 0 Å². The van der Waals surface area contributed by atoms with Crippen molar-refractivity contribution in [1.82, 2.24) is 15.1 Å². The van der Waals surface area contributed by atoms with Gasteiger partial charge in [0.25, 0.3) is 11.7 Å². The predicted molar refractivity (Wildman–Crippen MR) is 131 cm³/mol. The van der Waals surface area contributed by atoms with Gasteiger partial charge in [0.2, 0.25) is 0 Å². The number of nitrogens with one attached hydrogen (secondary N) is 1. The van der Waals surface area contributed by atoms with Crippen LogP contribution in [-0.2, 0) is 11.8 Å². The van der Waals surface area contributed by atoms with E-state index in [0.29, 0.717) is 41.0 Å². The molecule has 0 bridgehead atoms. The molecule has 1 aromatic heterocycles. The summed E-state index contributed by atoms with van der Waals surface area (Å²) in [6.07, 6.45) is 2.97. The number of aromatic nitrogens is 2. The summed E-state index contributed by atoms with van der Waals surface area (Å²) in [5.74, 6) is 0.135. The fraction of sp³-hybridized carbons (Fsp3) is 0.346. The van der Waals surface area contributed by atoms with E-state index in [-0.39, 0.29) is 17.1 Å². The third-order valence-corrected chi connectivity index (χ3v) is 6.88. The number of halogens is 1. The Kier molecular flexibility index (Phi) is 5.48. The molecule has 5 rings (SSSR count). The van der Waals surface area contributed by atoms with E-state index in [4.69, 9.17) is 18.2 Å². The number of carbonyl (C=O) groups excluding carboxylic acids is 1. The van der Waals surface area contributed by atoms with E-state index in [1.165, 1.54) is 18.4 Å². The number of carbonyl (C=O) groups is 1. The van der Waals surface area contributed by atoms with Gasteiger partial charge in [-0.05, 0) is 60.3 Å². The lowest BCUT2D eigenvalue weighted by Gasteiger charge is -2.28. The van der Waals surface area contributed by atoms with Crippen molar-refractivity contribution in [3.05, 3.63) is 81.8 Å². The highest BCUT2D eigenvalue weighted by atomic mass is 35.5. The Bertz CT molecular complexity index is 1250. The summed E-state index contributed by atoms with van der Waals surface area (Å²) in [5.41, 5.74) is 4.23. The molecule has 2 aromatic carbocycles. The van der Waals surface area contributed by atoms with Crippen LogP contribution in [0.15, 0.2) is 48.5 Å². The van der Waals surface area contributed by atoms with Gasteiger partial charge in [-0.1, -0.05) is 50.2 Å². The molecule has 168 valence electrons. The van der Waals surface area contributed by atoms with Crippen LogP contribution in [-0.4, -0.2) is 34.8 Å². The van der Waals surface area contributed by atoms with Crippen LogP contribution in [0.5, 0.6) is 0 Å². The summed E-state index contributed by atoms with van der Waals surface area (Å²) in [7, 11) is 0. The van der Waals surface area contributed by atoms with Crippen LogP contribution in [0.4, 0.5) is 11.5 Å². The van der Waals surface area contributed by atoms with Crippen LogP contribution < -0.4 is 10.2 Å². The van der Waals surface area contributed by atoms with Gasteiger partial charge in [0.1, 0.15) is 5.69 Å². The molecule has 7 heteroatoms. The molecule has 1 aliphatic carbocycles. The van der Waals surface area contributed by atoms with Crippen molar-refractivity contribution in [2.45, 2.75) is 44.6 Å². The first kappa shape index (κ1) is 21.7. The maximum absolute atomic E-state index is 13.6. The molecule has 33 heavy (non-hydrogen) atoms. The first-order chi connectivity index (χ1) is 15.9. The predicted octanol–water partition coefficient (Wildman–Crippen LogP) is 5.31. The highest BCUT2D eigenvalue weighted by Gasteiger charge is 2.44. The molecule has 1 aliphatic heterocycles. The SMILES string of the molecule is [C-]#[N+]c1nn(-c2cccc(Cl)c2)c2c1CCN(c1ccc(C3(CNC(C)C)CC3)cc1)C2=O. The molecule has 0 atom stereocenters. The monoisotopic (exact) mass is 459 g/mol. The van der Waals surface area contributed by atoms with E-state index in [1.54, 1.807) is 21.7 Å². The average molecular weight is 460 g/mol. The molecule has 2 aliphatic rings. The molecule has 1 N–H and O–H groups in total. The van der Waals surface area contributed by atoms with Gasteiger partial charge in [-0.2, -0.15) is 4.68 Å². The Morgan fingerprint density at radius 1 is 1.18 bits per heavy atom. The lowest BCUT2D eigenvalue weighted by molar-refractivity contribution is 0.0973. The minimum Gasteiger partial charge on any atom is -0.359 e. The summed E-state index contributed by atoms with van der Waals surface area (Å²) >= 11 is 6.17. The van der Waals surface area contributed by atoms with E-state index in [9.17, 15) is 4.79 Å². The third kappa shape index (κ3) is 3.92. The van der Waals surface area contributed by atoms with Gasteiger partial charge in [0.15, 0.2) is 0 Å². The third-order valence-electron chi connectivity index (χ3n) is 6.65. The Balaban J connectivity index is 1.45. The minimum absolute atomic E-state index is 0.144. The number of rotatable bonds is 6. The van der Waals surface area contributed by atoms with E-state index >= 15 is 0 Å². The van der Waals surface area contributed by atoms with Crippen LogP contribution in [0.1, 0.15) is 48.3 Å². The smallest absolute Gasteiger partial charge is 0.300 e. The molecule has 3 aromatic rings. The number of benzene rings is 2. The quantitative estimate of drug-likeness (QED) is 0.508. The van der Waals surface area contributed by atoms with Gasteiger partial charge in [0.05, 0.1) is 5.69 Å². The first-order valence-electron chi connectivity index (χ1n) is 11.3.